The summed E-state index contributed by atoms with van der Waals surface area (Å²) < 4.78 is 0. The fourth-order valence-electron chi connectivity index (χ4n) is 3.56. The van der Waals surface area contributed by atoms with E-state index in [0.29, 0.717) is 16.0 Å². The Morgan fingerprint density at radius 2 is 1.59 bits per heavy atom. The minimum absolute atomic E-state index is 0.0290. The number of hydrogen-bond donors (Lipinski definition) is 1. The molecule has 9 heteroatoms. The average Bonchev–Trinajstić information content (AvgIpc) is 3.38. The van der Waals surface area contributed by atoms with Gasteiger partial charge in [0.25, 0.3) is 0 Å². The summed E-state index contributed by atoms with van der Waals surface area (Å²) in [6.07, 6.45) is -0.140. The van der Waals surface area contributed by atoms with Crippen molar-refractivity contribution < 1.29 is 9.59 Å². The number of ketones is 1. The highest BCUT2D eigenvalue weighted by Gasteiger charge is 2.31. The number of hydrogen-bond acceptors (Lipinski definition) is 8. The molecule has 0 fully saturated rings. The number of amides is 1. The van der Waals surface area contributed by atoms with Crippen LogP contribution in [-0.4, -0.2) is 36.0 Å². The first kappa shape index (κ1) is 21.2. The number of carbonyl (C=O) groups excluding carboxylic acids is 2. The van der Waals surface area contributed by atoms with Crippen LogP contribution in [0.2, 0.25) is 0 Å². The predicted octanol–water partition coefficient (Wildman–Crippen LogP) is 3.81. The third-order valence-corrected chi connectivity index (χ3v) is 6.01. The molecule has 0 spiro atoms. The normalized spacial score (nSPS) is 12.3. The van der Waals surface area contributed by atoms with E-state index in [1.807, 2.05) is 84.6 Å². The number of Topliss-reactive ketones (excluding diaryl/α,β-unsaturated/α-hetero) is 1. The molecule has 1 aliphatic heterocycles. The number of nitrogens with zero attached hydrogens (tertiary/aromatic N) is 5. The van der Waals surface area contributed by atoms with Gasteiger partial charge in [-0.2, -0.15) is 5.26 Å². The molecule has 160 valence electrons. The molecule has 1 aromatic heterocycles. The molecule has 0 saturated heterocycles. The van der Waals surface area contributed by atoms with Crippen molar-refractivity contribution in [3.05, 3.63) is 66.0 Å². The Labute approximate surface area is 189 Å². The average molecular weight is 445 g/mol. The fourth-order valence-corrected chi connectivity index (χ4v) is 4.33. The van der Waals surface area contributed by atoms with E-state index in [0.717, 1.165) is 16.9 Å². The van der Waals surface area contributed by atoms with Gasteiger partial charge in [-0.3, -0.25) is 9.59 Å². The van der Waals surface area contributed by atoms with Crippen molar-refractivity contribution in [2.75, 3.05) is 29.2 Å². The molecule has 0 unspecified atom stereocenters. The SMILES string of the molecule is CN1C(=C(C#N)C(=O)CCC(=O)Nc2nnc(-c3ccccc3)s2)N(C)c2ccccc21. The Balaban J connectivity index is 1.41. The van der Waals surface area contributed by atoms with Gasteiger partial charge in [0, 0.05) is 32.5 Å². The molecule has 0 aliphatic carbocycles. The highest BCUT2D eigenvalue weighted by atomic mass is 32.1. The van der Waals surface area contributed by atoms with Crippen molar-refractivity contribution in [2.24, 2.45) is 0 Å². The van der Waals surface area contributed by atoms with E-state index >= 15 is 0 Å². The van der Waals surface area contributed by atoms with Crippen LogP contribution in [0, 0.1) is 11.3 Å². The number of carbonyl (C=O) groups is 2. The summed E-state index contributed by atoms with van der Waals surface area (Å²) in [6, 6.07) is 19.2. The molecular formula is C23H20N6O2S. The van der Waals surface area contributed by atoms with Gasteiger partial charge < -0.3 is 15.1 Å². The van der Waals surface area contributed by atoms with E-state index in [9.17, 15) is 14.9 Å². The Bertz CT molecular complexity index is 1210. The molecule has 1 amide bonds. The summed E-state index contributed by atoms with van der Waals surface area (Å²) in [6.45, 7) is 0. The lowest BCUT2D eigenvalue weighted by Crippen LogP contribution is -2.26. The second kappa shape index (κ2) is 8.99. The molecular weight excluding hydrogens is 424 g/mol. The number of nitrogens with one attached hydrogen (secondary N) is 1. The number of aromatic nitrogens is 2. The van der Waals surface area contributed by atoms with Gasteiger partial charge in [-0.25, -0.2) is 0 Å². The molecule has 32 heavy (non-hydrogen) atoms. The van der Waals surface area contributed by atoms with Crippen LogP contribution in [-0.2, 0) is 9.59 Å². The lowest BCUT2D eigenvalue weighted by atomic mass is 10.1. The molecule has 1 aliphatic rings. The topological polar surface area (TPSA) is 102 Å². The third-order valence-electron chi connectivity index (χ3n) is 5.13. The standard InChI is InChI=1S/C23H20N6O2S/c1-28-17-10-6-7-11-18(17)29(2)22(28)16(14-24)19(30)12-13-20(31)25-23-27-26-21(32-23)15-8-4-3-5-9-15/h3-11H,12-13H2,1-2H3,(H,25,27,31). The lowest BCUT2D eigenvalue weighted by molar-refractivity contribution is -0.120. The molecule has 2 heterocycles. The summed E-state index contributed by atoms with van der Waals surface area (Å²) in [5, 5.41) is 21.5. The van der Waals surface area contributed by atoms with E-state index < -0.39 is 0 Å². The number of allylic oxidation sites excluding steroid dienone is 1. The maximum Gasteiger partial charge on any atom is 0.226 e. The molecule has 0 atom stereocenters. The number of nitriles is 1. The zero-order valence-corrected chi connectivity index (χ0v) is 18.4. The Hall–Kier alpha value is -4.03. The monoisotopic (exact) mass is 444 g/mol. The maximum atomic E-state index is 12.8. The van der Waals surface area contributed by atoms with Gasteiger partial charge in [0.2, 0.25) is 11.0 Å². The summed E-state index contributed by atoms with van der Waals surface area (Å²) in [4.78, 5) is 28.8. The second-order valence-electron chi connectivity index (χ2n) is 7.17. The first-order valence-electron chi connectivity index (χ1n) is 9.92. The van der Waals surface area contributed by atoms with Crippen LogP contribution >= 0.6 is 11.3 Å². The van der Waals surface area contributed by atoms with Gasteiger partial charge in [-0.15, -0.1) is 10.2 Å². The van der Waals surface area contributed by atoms with Crippen molar-refractivity contribution in [1.82, 2.24) is 10.2 Å². The van der Waals surface area contributed by atoms with Crippen LogP contribution in [0.4, 0.5) is 16.5 Å². The number of para-hydroxylation sites is 2. The number of anilines is 3. The van der Waals surface area contributed by atoms with Crippen LogP contribution in [0.3, 0.4) is 0 Å². The van der Waals surface area contributed by atoms with E-state index in [2.05, 4.69) is 15.5 Å². The number of rotatable bonds is 6. The molecule has 0 saturated carbocycles. The van der Waals surface area contributed by atoms with Gasteiger partial charge >= 0.3 is 0 Å². The maximum absolute atomic E-state index is 12.8. The molecule has 0 radical (unpaired) electrons. The predicted molar refractivity (Wildman–Crippen MR) is 124 cm³/mol. The fraction of sp³-hybridized carbons (Fsp3) is 0.174. The molecule has 2 aromatic carbocycles. The minimum atomic E-state index is -0.383. The quantitative estimate of drug-likeness (QED) is 0.455. The molecule has 8 nitrogen and oxygen atoms in total. The zero-order valence-electron chi connectivity index (χ0n) is 17.6. The first-order valence-corrected chi connectivity index (χ1v) is 10.7. The first-order chi connectivity index (χ1) is 15.5. The summed E-state index contributed by atoms with van der Waals surface area (Å²) in [5.41, 5.74) is 2.76. The van der Waals surface area contributed by atoms with E-state index in [4.69, 9.17) is 0 Å². The van der Waals surface area contributed by atoms with E-state index in [-0.39, 0.29) is 30.1 Å². The Kier molecular flexibility index (Phi) is 5.96. The van der Waals surface area contributed by atoms with Crippen molar-refractivity contribution in [3.8, 4) is 16.6 Å². The van der Waals surface area contributed by atoms with Crippen LogP contribution in [0.25, 0.3) is 10.6 Å². The molecule has 3 aromatic rings. The number of benzene rings is 2. The molecule has 0 bridgehead atoms. The lowest BCUT2D eigenvalue weighted by Gasteiger charge is -2.19. The Morgan fingerprint density at radius 3 is 2.22 bits per heavy atom. The minimum Gasteiger partial charge on any atom is -0.328 e. The molecule has 1 N–H and O–H groups in total. The van der Waals surface area contributed by atoms with Gasteiger partial charge in [0.05, 0.1) is 11.4 Å². The summed E-state index contributed by atoms with van der Waals surface area (Å²) in [5.74, 6) is -0.227. The second-order valence-corrected chi connectivity index (χ2v) is 8.14. The summed E-state index contributed by atoms with van der Waals surface area (Å²) >= 11 is 1.26. The smallest absolute Gasteiger partial charge is 0.226 e. The van der Waals surface area contributed by atoms with Gasteiger partial charge in [-0.05, 0) is 12.1 Å². The highest BCUT2D eigenvalue weighted by molar-refractivity contribution is 7.18. The van der Waals surface area contributed by atoms with Crippen molar-refractivity contribution in [2.45, 2.75) is 12.8 Å². The largest absolute Gasteiger partial charge is 0.328 e. The van der Waals surface area contributed by atoms with Crippen LogP contribution in [0.15, 0.2) is 66.0 Å². The van der Waals surface area contributed by atoms with Crippen LogP contribution in [0.5, 0.6) is 0 Å². The van der Waals surface area contributed by atoms with Gasteiger partial charge in [0.15, 0.2) is 5.78 Å². The van der Waals surface area contributed by atoms with E-state index in [1.54, 1.807) is 0 Å². The Morgan fingerprint density at radius 1 is 0.969 bits per heavy atom. The highest BCUT2D eigenvalue weighted by Crippen LogP contribution is 2.40. The van der Waals surface area contributed by atoms with Crippen molar-refractivity contribution >= 4 is 39.5 Å². The summed E-state index contributed by atoms with van der Waals surface area (Å²) in [7, 11) is 3.63. The van der Waals surface area contributed by atoms with E-state index in [1.165, 1.54) is 11.3 Å². The van der Waals surface area contributed by atoms with Crippen LogP contribution < -0.4 is 15.1 Å². The van der Waals surface area contributed by atoms with Gasteiger partial charge in [0.1, 0.15) is 22.5 Å². The number of fused-ring (bicyclic) bond motifs is 1. The van der Waals surface area contributed by atoms with Gasteiger partial charge in [-0.1, -0.05) is 53.8 Å². The molecule has 4 rings (SSSR count). The third kappa shape index (κ3) is 4.08. The van der Waals surface area contributed by atoms with Crippen molar-refractivity contribution in [1.29, 1.82) is 5.26 Å². The van der Waals surface area contributed by atoms with Crippen LogP contribution in [0.1, 0.15) is 12.8 Å². The zero-order chi connectivity index (χ0) is 22.7. The van der Waals surface area contributed by atoms with Crippen molar-refractivity contribution in [3.63, 3.8) is 0 Å².